The predicted molar refractivity (Wildman–Crippen MR) is 68.3 cm³/mol. The van der Waals surface area contributed by atoms with E-state index in [9.17, 15) is 9.18 Å². The Labute approximate surface area is 104 Å². The third-order valence-electron chi connectivity index (χ3n) is 2.48. The molecule has 0 bridgehead atoms. The fourth-order valence-electron chi connectivity index (χ4n) is 1.45. The van der Waals surface area contributed by atoms with Gasteiger partial charge in [-0.2, -0.15) is 0 Å². The minimum atomic E-state index is -0.534. The van der Waals surface area contributed by atoms with Crippen LogP contribution in [0.5, 0.6) is 0 Å². The number of rotatable bonds is 9. The van der Waals surface area contributed by atoms with Crippen LogP contribution in [0.15, 0.2) is 24.1 Å². The lowest BCUT2D eigenvalue weighted by atomic mass is 10.1. The first-order valence-corrected chi connectivity index (χ1v) is 6.32. The minimum Gasteiger partial charge on any atom is -0.466 e. The maximum absolute atomic E-state index is 13.1. The summed E-state index contributed by atoms with van der Waals surface area (Å²) in [6.07, 6.45) is 11.6. The molecule has 0 unspecified atom stereocenters. The second-order valence-electron chi connectivity index (χ2n) is 4.00. The van der Waals surface area contributed by atoms with E-state index in [0.29, 0.717) is 0 Å². The highest BCUT2D eigenvalue weighted by Gasteiger charge is 1.93. The largest absolute Gasteiger partial charge is 0.466 e. The number of methoxy groups -OCH3 is 1. The van der Waals surface area contributed by atoms with Gasteiger partial charge in [0.1, 0.15) is 5.83 Å². The number of ether oxygens (including phenoxy) is 1. The number of carbonyl (C=O) groups excluding carboxylic acids is 1. The van der Waals surface area contributed by atoms with Crippen LogP contribution >= 0.6 is 0 Å². The fourth-order valence-corrected chi connectivity index (χ4v) is 1.45. The van der Waals surface area contributed by atoms with Gasteiger partial charge >= 0.3 is 5.97 Å². The van der Waals surface area contributed by atoms with E-state index in [4.69, 9.17) is 0 Å². The van der Waals surface area contributed by atoms with Gasteiger partial charge in [-0.3, -0.25) is 0 Å². The van der Waals surface area contributed by atoms with Crippen molar-refractivity contribution in [3.05, 3.63) is 24.1 Å². The van der Waals surface area contributed by atoms with Crippen LogP contribution in [-0.4, -0.2) is 13.1 Å². The summed E-state index contributed by atoms with van der Waals surface area (Å²) >= 11 is 0. The van der Waals surface area contributed by atoms with Crippen LogP contribution in [0.3, 0.4) is 0 Å². The standard InChI is InChI=1S/C14H23FO2/c1-3-4-5-6-7-8-9-10-13(15)11-12-14(16)17-2/h10-12H,3-9H2,1-2H3/b12-11+,13-10-. The molecule has 0 atom stereocenters. The van der Waals surface area contributed by atoms with Gasteiger partial charge in [-0.15, -0.1) is 0 Å². The zero-order valence-corrected chi connectivity index (χ0v) is 10.9. The van der Waals surface area contributed by atoms with E-state index in [1.807, 2.05) is 0 Å². The maximum atomic E-state index is 13.1. The highest BCUT2D eigenvalue weighted by Crippen LogP contribution is 2.09. The van der Waals surface area contributed by atoms with Crippen molar-refractivity contribution in [3.8, 4) is 0 Å². The van der Waals surface area contributed by atoms with Crippen LogP contribution in [0.4, 0.5) is 4.39 Å². The maximum Gasteiger partial charge on any atom is 0.330 e. The molecule has 0 amide bonds. The monoisotopic (exact) mass is 242 g/mol. The van der Waals surface area contributed by atoms with Gasteiger partial charge in [0.25, 0.3) is 0 Å². The Bertz CT molecular complexity index is 257. The van der Waals surface area contributed by atoms with Gasteiger partial charge in [-0.25, -0.2) is 9.18 Å². The molecular weight excluding hydrogens is 219 g/mol. The lowest BCUT2D eigenvalue weighted by molar-refractivity contribution is -0.134. The lowest BCUT2D eigenvalue weighted by Gasteiger charge is -1.97. The van der Waals surface area contributed by atoms with Gasteiger partial charge in [0.15, 0.2) is 0 Å². The van der Waals surface area contributed by atoms with Crippen LogP contribution < -0.4 is 0 Å². The van der Waals surface area contributed by atoms with Crippen molar-refractivity contribution in [3.63, 3.8) is 0 Å². The number of esters is 1. The SMILES string of the molecule is CCCCCCCC/C=C(F)/C=C/C(=O)OC. The van der Waals surface area contributed by atoms with Crippen molar-refractivity contribution < 1.29 is 13.9 Å². The van der Waals surface area contributed by atoms with E-state index < -0.39 is 5.97 Å². The second kappa shape index (κ2) is 11.4. The fraction of sp³-hybridized carbons (Fsp3) is 0.643. The first-order valence-electron chi connectivity index (χ1n) is 6.32. The molecule has 3 heteroatoms. The second-order valence-corrected chi connectivity index (χ2v) is 4.00. The normalized spacial score (nSPS) is 12.1. The molecule has 2 nitrogen and oxygen atoms in total. The molecule has 0 N–H and O–H groups in total. The Morgan fingerprint density at radius 1 is 1.12 bits per heavy atom. The summed E-state index contributed by atoms with van der Waals surface area (Å²) in [7, 11) is 1.27. The summed E-state index contributed by atoms with van der Waals surface area (Å²) in [5.41, 5.74) is 0. The zero-order valence-electron chi connectivity index (χ0n) is 10.9. The van der Waals surface area contributed by atoms with Crippen LogP contribution in [0.1, 0.15) is 51.9 Å². The van der Waals surface area contributed by atoms with Crippen molar-refractivity contribution in [2.45, 2.75) is 51.9 Å². The van der Waals surface area contributed by atoms with Crippen molar-refractivity contribution in [1.82, 2.24) is 0 Å². The van der Waals surface area contributed by atoms with Gasteiger partial charge in [-0.05, 0) is 25.0 Å². The summed E-state index contributed by atoms with van der Waals surface area (Å²) in [5, 5.41) is 0. The van der Waals surface area contributed by atoms with Gasteiger partial charge in [0.2, 0.25) is 0 Å². The number of allylic oxidation sites excluding steroid dienone is 3. The van der Waals surface area contributed by atoms with Gasteiger partial charge < -0.3 is 4.74 Å². The molecule has 0 aromatic heterocycles. The van der Waals surface area contributed by atoms with Crippen LogP contribution in [0.25, 0.3) is 0 Å². The average Bonchev–Trinajstić information content (AvgIpc) is 2.34. The van der Waals surface area contributed by atoms with E-state index in [1.54, 1.807) is 0 Å². The third kappa shape index (κ3) is 11.1. The van der Waals surface area contributed by atoms with Crippen molar-refractivity contribution in [2.75, 3.05) is 7.11 Å². The molecule has 0 aliphatic carbocycles. The van der Waals surface area contributed by atoms with Gasteiger partial charge in [0.05, 0.1) is 7.11 Å². The predicted octanol–water partition coefficient (Wildman–Crippen LogP) is 4.32. The molecule has 98 valence electrons. The van der Waals surface area contributed by atoms with Crippen molar-refractivity contribution in [2.24, 2.45) is 0 Å². The molecule has 17 heavy (non-hydrogen) atoms. The van der Waals surface area contributed by atoms with E-state index >= 15 is 0 Å². The molecule has 0 aromatic carbocycles. The molecule has 0 saturated heterocycles. The van der Waals surface area contributed by atoms with Crippen molar-refractivity contribution in [1.29, 1.82) is 0 Å². The van der Waals surface area contributed by atoms with E-state index in [2.05, 4.69) is 11.7 Å². The van der Waals surface area contributed by atoms with Gasteiger partial charge in [-0.1, -0.05) is 39.0 Å². The minimum absolute atomic E-state index is 0.371. The number of halogens is 1. The molecular formula is C14H23FO2. The summed E-state index contributed by atoms with van der Waals surface area (Å²) < 4.78 is 17.5. The van der Waals surface area contributed by atoms with Crippen LogP contribution in [0, 0.1) is 0 Å². The molecule has 0 heterocycles. The topological polar surface area (TPSA) is 26.3 Å². The quantitative estimate of drug-likeness (QED) is 0.260. The van der Waals surface area contributed by atoms with E-state index in [0.717, 1.165) is 31.4 Å². The average molecular weight is 242 g/mol. The van der Waals surface area contributed by atoms with Crippen LogP contribution in [-0.2, 0) is 9.53 Å². The smallest absolute Gasteiger partial charge is 0.330 e. The summed E-state index contributed by atoms with van der Waals surface area (Å²) in [6, 6.07) is 0. The van der Waals surface area contributed by atoms with E-state index in [1.165, 1.54) is 38.9 Å². The number of unbranched alkanes of at least 4 members (excludes halogenated alkanes) is 6. The first kappa shape index (κ1) is 15.9. The molecule has 0 aromatic rings. The molecule has 0 aliphatic rings. The molecule has 0 spiro atoms. The van der Waals surface area contributed by atoms with E-state index in [-0.39, 0.29) is 5.83 Å². The number of hydrogen-bond donors (Lipinski definition) is 0. The number of hydrogen-bond acceptors (Lipinski definition) is 2. The highest BCUT2D eigenvalue weighted by molar-refractivity contribution is 5.82. The van der Waals surface area contributed by atoms with Gasteiger partial charge in [0, 0.05) is 6.08 Å². The molecule has 0 saturated carbocycles. The lowest BCUT2D eigenvalue weighted by Crippen LogP contribution is -1.93. The Hall–Kier alpha value is -1.12. The summed E-state index contributed by atoms with van der Waals surface area (Å²) in [4.78, 5) is 10.7. The third-order valence-corrected chi connectivity index (χ3v) is 2.48. The zero-order chi connectivity index (χ0) is 12.9. The molecule has 0 aliphatic heterocycles. The highest BCUT2D eigenvalue weighted by atomic mass is 19.1. The Kier molecular flexibility index (Phi) is 10.6. The Morgan fingerprint density at radius 3 is 2.41 bits per heavy atom. The Morgan fingerprint density at radius 2 is 1.76 bits per heavy atom. The van der Waals surface area contributed by atoms with Crippen LogP contribution in [0.2, 0.25) is 0 Å². The number of carbonyl (C=O) groups is 1. The first-order chi connectivity index (χ1) is 8.20. The summed E-state index contributed by atoms with van der Waals surface area (Å²) in [5.74, 6) is -0.905. The molecule has 0 fully saturated rings. The van der Waals surface area contributed by atoms with Crippen molar-refractivity contribution >= 4 is 5.97 Å². The molecule has 0 radical (unpaired) electrons. The Balaban J connectivity index is 3.56. The molecule has 0 rings (SSSR count). The summed E-state index contributed by atoms with van der Waals surface area (Å²) in [6.45, 7) is 2.19.